The fourth-order valence-electron chi connectivity index (χ4n) is 1.84. The number of thioether (sulfide) groups is 1. The summed E-state index contributed by atoms with van der Waals surface area (Å²) in [7, 11) is 0. The topological polar surface area (TPSA) is 58.4 Å². The Hall–Kier alpha value is -0.260. The standard InChI is InChI=1S/C9H19N3OS/c1-7(5-9(13)11-10)12-3-4-14-6-8(12)2/h7-8H,3-6,10H2,1-2H3,(H,11,13). The van der Waals surface area contributed by atoms with Crippen LogP contribution < -0.4 is 11.3 Å². The zero-order valence-corrected chi connectivity index (χ0v) is 9.64. The average Bonchev–Trinajstić information content (AvgIpc) is 2.18. The first-order chi connectivity index (χ1) is 6.65. The van der Waals surface area contributed by atoms with Crippen molar-refractivity contribution in [2.24, 2.45) is 5.84 Å². The van der Waals surface area contributed by atoms with Gasteiger partial charge in [-0.2, -0.15) is 11.8 Å². The van der Waals surface area contributed by atoms with E-state index in [0.717, 1.165) is 12.3 Å². The number of hydrogen-bond acceptors (Lipinski definition) is 4. The summed E-state index contributed by atoms with van der Waals surface area (Å²) in [5.74, 6) is 7.31. The number of nitrogens with two attached hydrogens (primary N) is 1. The predicted molar refractivity (Wildman–Crippen MR) is 59.9 cm³/mol. The molecule has 0 aliphatic carbocycles. The van der Waals surface area contributed by atoms with Gasteiger partial charge in [0.1, 0.15) is 0 Å². The van der Waals surface area contributed by atoms with Crippen LogP contribution in [0, 0.1) is 0 Å². The van der Waals surface area contributed by atoms with Crippen LogP contribution in [-0.4, -0.2) is 40.9 Å². The van der Waals surface area contributed by atoms with Crippen LogP contribution in [0.25, 0.3) is 0 Å². The molecule has 0 bridgehead atoms. The van der Waals surface area contributed by atoms with Crippen molar-refractivity contribution in [1.29, 1.82) is 0 Å². The van der Waals surface area contributed by atoms with Crippen LogP contribution in [-0.2, 0) is 4.79 Å². The minimum absolute atomic E-state index is 0.0806. The lowest BCUT2D eigenvalue weighted by Gasteiger charge is -2.37. The first-order valence-corrected chi connectivity index (χ1v) is 6.13. The molecule has 1 aliphatic heterocycles. The molecule has 0 aromatic carbocycles. The van der Waals surface area contributed by atoms with E-state index in [1.807, 2.05) is 11.8 Å². The summed E-state index contributed by atoms with van der Waals surface area (Å²) in [6.45, 7) is 5.37. The molecule has 0 saturated carbocycles. The van der Waals surface area contributed by atoms with Crippen LogP contribution in [0.1, 0.15) is 20.3 Å². The lowest BCUT2D eigenvalue weighted by Crippen LogP contribution is -2.47. The highest BCUT2D eigenvalue weighted by Crippen LogP contribution is 2.19. The highest BCUT2D eigenvalue weighted by atomic mass is 32.2. The number of nitrogens with one attached hydrogen (secondary N) is 1. The van der Waals surface area contributed by atoms with Gasteiger partial charge in [-0.05, 0) is 13.8 Å². The summed E-state index contributed by atoms with van der Waals surface area (Å²) in [6, 6.07) is 0.851. The Morgan fingerprint density at radius 3 is 3.07 bits per heavy atom. The van der Waals surface area contributed by atoms with Crippen LogP contribution >= 0.6 is 11.8 Å². The molecule has 1 fully saturated rings. The third-order valence-electron chi connectivity index (χ3n) is 2.63. The van der Waals surface area contributed by atoms with Gasteiger partial charge in [-0.25, -0.2) is 5.84 Å². The van der Waals surface area contributed by atoms with Gasteiger partial charge in [0.15, 0.2) is 0 Å². The van der Waals surface area contributed by atoms with Crippen LogP contribution in [0.5, 0.6) is 0 Å². The third kappa shape index (κ3) is 3.15. The molecule has 1 amide bonds. The van der Waals surface area contributed by atoms with E-state index >= 15 is 0 Å². The highest BCUT2D eigenvalue weighted by molar-refractivity contribution is 7.99. The minimum atomic E-state index is -0.0806. The number of nitrogens with zero attached hydrogens (tertiary/aromatic N) is 1. The normalized spacial score (nSPS) is 25.8. The number of hydrazine groups is 1. The summed E-state index contributed by atoms with van der Waals surface area (Å²) in [5, 5.41) is 0. The predicted octanol–water partition coefficient (Wildman–Crippen LogP) is 0.192. The molecule has 5 heteroatoms. The van der Waals surface area contributed by atoms with E-state index in [1.54, 1.807) is 0 Å². The second kappa shape index (κ2) is 5.58. The summed E-state index contributed by atoms with van der Waals surface area (Å²) in [6.07, 6.45) is 0.492. The number of rotatable bonds is 3. The van der Waals surface area contributed by atoms with E-state index < -0.39 is 0 Å². The van der Waals surface area contributed by atoms with E-state index in [-0.39, 0.29) is 11.9 Å². The van der Waals surface area contributed by atoms with Gasteiger partial charge in [0.05, 0.1) is 0 Å². The Labute approximate surface area is 89.6 Å². The Kier molecular flexibility index (Phi) is 4.71. The van der Waals surface area contributed by atoms with Crippen molar-refractivity contribution in [3.8, 4) is 0 Å². The van der Waals surface area contributed by atoms with Gasteiger partial charge in [0.25, 0.3) is 0 Å². The summed E-state index contributed by atoms with van der Waals surface area (Å²) in [5.41, 5.74) is 2.18. The van der Waals surface area contributed by atoms with Crippen LogP contribution in [0.3, 0.4) is 0 Å². The first-order valence-electron chi connectivity index (χ1n) is 4.98. The van der Waals surface area contributed by atoms with E-state index in [1.165, 1.54) is 5.75 Å². The Morgan fingerprint density at radius 2 is 2.50 bits per heavy atom. The number of hydrogen-bond donors (Lipinski definition) is 2. The summed E-state index contributed by atoms with van der Waals surface area (Å²) in [4.78, 5) is 13.5. The summed E-state index contributed by atoms with van der Waals surface area (Å²) >= 11 is 1.98. The Morgan fingerprint density at radius 1 is 1.79 bits per heavy atom. The molecule has 0 aromatic rings. The van der Waals surface area contributed by atoms with Gasteiger partial charge in [-0.3, -0.25) is 15.1 Å². The van der Waals surface area contributed by atoms with Crippen molar-refractivity contribution < 1.29 is 4.79 Å². The smallest absolute Gasteiger partial charge is 0.235 e. The molecule has 1 saturated heterocycles. The molecule has 1 rings (SSSR count). The van der Waals surface area contributed by atoms with Gasteiger partial charge in [0, 0.05) is 36.6 Å². The van der Waals surface area contributed by atoms with E-state index in [9.17, 15) is 4.79 Å². The highest BCUT2D eigenvalue weighted by Gasteiger charge is 2.24. The van der Waals surface area contributed by atoms with Crippen LogP contribution in [0.4, 0.5) is 0 Å². The van der Waals surface area contributed by atoms with Gasteiger partial charge >= 0.3 is 0 Å². The molecule has 2 atom stereocenters. The molecule has 1 aliphatic rings. The fraction of sp³-hybridized carbons (Fsp3) is 0.889. The van der Waals surface area contributed by atoms with Gasteiger partial charge < -0.3 is 0 Å². The lowest BCUT2D eigenvalue weighted by atomic mass is 10.1. The molecule has 4 nitrogen and oxygen atoms in total. The average molecular weight is 217 g/mol. The zero-order valence-electron chi connectivity index (χ0n) is 8.82. The quantitative estimate of drug-likeness (QED) is 0.402. The maximum absolute atomic E-state index is 11.1. The Bertz CT molecular complexity index is 200. The van der Waals surface area contributed by atoms with Crippen molar-refractivity contribution >= 4 is 17.7 Å². The first kappa shape index (κ1) is 11.8. The Balaban J connectivity index is 2.41. The van der Waals surface area contributed by atoms with E-state index in [4.69, 9.17) is 5.84 Å². The molecule has 0 aromatic heterocycles. The van der Waals surface area contributed by atoms with Gasteiger partial charge in [-0.15, -0.1) is 0 Å². The van der Waals surface area contributed by atoms with Crippen LogP contribution in [0.2, 0.25) is 0 Å². The third-order valence-corrected chi connectivity index (χ3v) is 3.82. The molecule has 1 heterocycles. The van der Waals surface area contributed by atoms with Crippen molar-refractivity contribution in [3.63, 3.8) is 0 Å². The molecule has 3 N–H and O–H groups in total. The van der Waals surface area contributed by atoms with E-state index in [2.05, 4.69) is 24.2 Å². The maximum Gasteiger partial charge on any atom is 0.235 e. The molecular weight excluding hydrogens is 198 g/mol. The molecule has 0 spiro atoms. The van der Waals surface area contributed by atoms with Crippen molar-refractivity contribution in [1.82, 2.24) is 10.3 Å². The van der Waals surface area contributed by atoms with Crippen molar-refractivity contribution in [3.05, 3.63) is 0 Å². The maximum atomic E-state index is 11.1. The lowest BCUT2D eigenvalue weighted by molar-refractivity contribution is -0.122. The van der Waals surface area contributed by atoms with Crippen LogP contribution in [0.15, 0.2) is 0 Å². The monoisotopic (exact) mass is 217 g/mol. The van der Waals surface area contributed by atoms with Crippen molar-refractivity contribution in [2.45, 2.75) is 32.4 Å². The second-order valence-corrected chi connectivity index (χ2v) is 4.93. The second-order valence-electron chi connectivity index (χ2n) is 3.78. The molecule has 14 heavy (non-hydrogen) atoms. The SMILES string of the molecule is CC1CSCCN1C(C)CC(=O)NN. The van der Waals surface area contributed by atoms with Gasteiger partial charge in [-0.1, -0.05) is 0 Å². The number of carbonyl (C=O) groups is 1. The number of carbonyl (C=O) groups excluding carboxylic acids is 1. The van der Waals surface area contributed by atoms with Gasteiger partial charge in [0.2, 0.25) is 5.91 Å². The summed E-state index contributed by atoms with van der Waals surface area (Å²) < 4.78 is 0. The molecule has 82 valence electrons. The fourth-order valence-corrected chi connectivity index (χ4v) is 2.88. The molecule has 2 unspecified atom stereocenters. The minimum Gasteiger partial charge on any atom is -0.296 e. The zero-order chi connectivity index (χ0) is 10.6. The largest absolute Gasteiger partial charge is 0.296 e. The molecule has 0 radical (unpaired) electrons. The number of amides is 1. The molecular formula is C9H19N3OS. The van der Waals surface area contributed by atoms with Crippen molar-refractivity contribution in [2.75, 3.05) is 18.1 Å². The van der Waals surface area contributed by atoms with E-state index in [0.29, 0.717) is 12.5 Å².